The van der Waals surface area contributed by atoms with E-state index in [9.17, 15) is 5.11 Å². The molecule has 1 fully saturated rings. The van der Waals surface area contributed by atoms with Crippen LogP contribution in [-0.2, 0) is 0 Å². The first-order chi connectivity index (χ1) is 9.84. The summed E-state index contributed by atoms with van der Waals surface area (Å²) in [4.78, 5) is 2.48. The zero-order valence-electron chi connectivity index (χ0n) is 12.1. The maximum atomic E-state index is 10.4. The second kappa shape index (κ2) is 8.11. The molecule has 1 saturated heterocycles. The van der Waals surface area contributed by atoms with E-state index < -0.39 is 0 Å². The van der Waals surface area contributed by atoms with Crippen molar-refractivity contribution in [2.24, 2.45) is 0 Å². The van der Waals surface area contributed by atoms with Crippen molar-refractivity contribution in [3.05, 3.63) is 35.2 Å². The van der Waals surface area contributed by atoms with Gasteiger partial charge in [0.25, 0.3) is 0 Å². The van der Waals surface area contributed by atoms with Crippen molar-refractivity contribution in [3.63, 3.8) is 0 Å². The summed E-state index contributed by atoms with van der Waals surface area (Å²) in [5.74, 6) is 0. The topological polar surface area (TPSA) is 35.5 Å². The third-order valence-corrected chi connectivity index (χ3v) is 5.01. The molecule has 1 aromatic heterocycles. The molecule has 1 atom stereocenters. The summed E-state index contributed by atoms with van der Waals surface area (Å²) in [6.07, 6.45) is 1.59. The number of benzene rings is 1. The molecule has 0 amide bonds. The summed E-state index contributed by atoms with van der Waals surface area (Å²) in [6.45, 7) is 5.56. The van der Waals surface area contributed by atoms with Crippen LogP contribution >= 0.6 is 23.7 Å². The molecule has 3 rings (SSSR count). The lowest BCUT2D eigenvalue weighted by Crippen LogP contribution is -2.43. The Hall–Kier alpha value is -0.650. The molecule has 3 nitrogen and oxygen atoms in total. The van der Waals surface area contributed by atoms with Crippen LogP contribution in [0.25, 0.3) is 10.1 Å². The first kappa shape index (κ1) is 16.7. The van der Waals surface area contributed by atoms with Crippen molar-refractivity contribution in [2.75, 3.05) is 32.7 Å². The average molecular weight is 327 g/mol. The molecule has 0 spiro atoms. The van der Waals surface area contributed by atoms with Gasteiger partial charge in [-0.3, -0.25) is 0 Å². The minimum atomic E-state index is -0.325. The summed E-state index contributed by atoms with van der Waals surface area (Å²) >= 11 is 1.73. The predicted molar refractivity (Wildman–Crippen MR) is 92.6 cm³/mol. The molecule has 21 heavy (non-hydrogen) atoms. The SMILES string of the molecule is Cl.OC(CCCN1CCNCC1)c1csc2ccccc12. The summed E-state index contributed by atoms with van der Waals surface area (Å²) in [5, 5.41) is 17.1. The Morgan fingerprint density at radius 2 is 2.00 bits per heavy atom. The quantitative estimate of drug-likeness (QED) is 0.886. The zero-order chi connectivity index (χ0) is 13.8. The highest BCUT2D eigenvalue weighted by Crippen LogP contribution is 2.32. The highest BCUT2D eigenvalue weighted by atomic mass is 35.5. The number of halogens is 1. The van der Waals surface area contributed by atoms with E-state index in [0.29, 0.717) is 0 Å². The standard InChI is InChI=1S/C16H22N2OS.ClH/c19-15(5-3-9-18-10-7-17-8-11-18)14-12-20-16-6-2-1-4-13(14)16;/h1-2,4,6,12,15,17,19H,3,5,7-11H2;1H. The number of nitrogens with one attached hydrogen (secondary N) is 1. The maximum Gasteiger partial charge on any atom is 0.0804 e. The third kappa shape index (κ3) is 4.18. The second-order valence-electron chi connectivity index (χ2n) is 5.44. The predicted octanol–water partition coefficient (Wildman–Crippen LogP) is 3.04. The van der Waals surface area contributed by atoms with Gasteiger partial charge in [-0.1, -0.05) is 18.2 Å². The number of aliphatic hydroxyl groups excluding tert-OH is 1. The molecule has 2 aromatic rings. The Labute approximate surface area is 136 Å². The highest BCUT2D eigenvalue weighted by Gasteiger charge is 2.14. The molecular weight excluding hydrogens is 304 g/mol. The second-order valence-corrected chi connectivity index (χ2v) is 6.35. The smallest absolute Gasteiger partial charge is 0.0804 e. The van der Waals surface area contributed by atoms with E-state index in [2.05, 4.69) is 33.8 Å². The van der Waals surface area contributed by atoms with Crippen molar-refractivity contribution in [2.45, 2.75) is 18.9 Å². The fourth-order valence-electron chi connectivity index (χ4n) is 2.85. The van der Waals surface area contributed by atoms with Crippen LogP contribution in [0.1, 0.15) is 24.5 Å². The van der Waals surface area contributed by atoms with Crippen molar-refractivity contribution < 1.29 is 5.11 Å². The van der Waals surface area contributed by atoms with E-state index in [1.807, 2.05) is 6.07 Å². The molecule has 0 saturated carbocycles. The van der Waals surface area contributed by atoms with Gasteiger partial charge in [-0.15, -0.1) is 23.7 Å². The van der Waals surface area contributed by atoms with Gasteiger partial charge in [0.15, 0.2) is 0 Å². The minimum Gasteiger partial charge on any atom is -0.388 e. The van der Waals surface area contributed by atoms with Crippen molar-refractivity contribution in [1.29, 1.82) is 0 Å². The summed E-state index contributed by atoms with van der Waals surface area (Å²) in [7, 11) is 0. The summed E-state index contributed by atoms with van der Waals surface area (Å²) in [5.41, 5.74) is 1.10. The Morgan fingerprint density at radius 1 is 1.24 bits per heavy atom. The number of piperazine rings is 1. The van der Waals surface area contributed by atoms with Gasteiger partial charge in [0.05, 0.1) is 6.10 Å². The van der Waals surface area contributed by atoms with Crippen LogP contribution in [0.15, 0.2) is 29.6 Å². The van der Waals surface area contributed by atoms with E-state index in [-0.39, 0.29) is 18.5 Å². The number of rotatable bonds is 5. The molecule has 1 aliphatic heterocycles. The van der Waals surface area contributed by atoms with Gasteiger partial charge in [-0.05, 0) is 41.8 Å². The normalized spacial score (nSPS) is 17.6. The summed E-state index contributed by atoms with van der Waals surface area (Å²) in [6, 6.07) is 8.34. The third-order valence-electron chi connectivity index (χ3n) is 4.03. The Balaban J connectivity index is 0.00000161. The van der Waals surface area contributed by atoms with E-state index >= 15 is 0 Å². The first-order valence-electron chi connectivity index (χ1n) is 7.42. The molecule has 0 radical (unpaired) electrons. The van der Waals surface area contributed by atoms with Gasteiger partial charge in [-0.2, -0.15) is 0 Å². The van der Waals surface area contributed by atoms with Crippen molar-refractivity contribution >= 4 is 33.8 Å². The minimum absolute atomic E-state index is 0. The number of thiophene rings is 1. The fraction of sp³-hybridized carbons (Fsp3) is 0.500. The number of nitrogens with zero attached hydrogens (tertiary/aromatic N) is 1. The van der Waals surface area contributed by atoms with E-state index in [1.165, 1.54) is 10.1 Å². The van der Waals surface area contributed by atoms with Crippen LogP contribution in [0.5, 0.6) is 0 Å². The lowest BCUT2D eigenvalue weighted by Gasteiger charge is -2.27. The average Bonchev–Trinajstić information content (AvgIpc) is 2.92. The van der Waals surface area contributed by atoms with Crippen LogP contribution in [0.3, 0.4) is 0 Å². The van der Waals surface area contributed by atoms with Gasteiger partial charge in [0, 0.05) is 30.9 Å². The molecular formula is C16H23ClN2OS. The van der Waals surface area contributed by atoms with Crippen LogP contribution in [0.4, 0.5) is 0 Å². The molecule has 116 valence electrons. The first-order valence-corrected chi connectivity index (χ1v) is 8.30. The van der Waals surface area contributed by atoms with Gasteiger partial charge in [0.1, 0.15) is 0 Å². The van der Waals surface area contributed by atoms with Crippen LogP contribution in [0, 0.1) is 0 Å². The number of hydrogen-bond donors (Lipinski definition) is 2. The number of hydrogen-bond acceptors (Lipinski definition) is 4. The molecule has 0 aliphatic carbocycles. The highest BCUT2D eigenvalue weighted by molar-refractivity contribution is 7.17. The van der Waals surface area contributed by atoms with Crippen LogP contribution in [0.2, 0.25) is 0 Å². The van der Waals surface area contributed by atoms with Gasteiger partial charge in [-0.25, -0.2) is 0 Å². The van der Waals surface area contributed by atoms with Crippen molar-refractivity contribution in [1.82, 2.24) is 10.2 Å². The summed E-state index contributed by atoms with van der Waals surface area (Å²) < 4.78 is 1.27. The molecule has 0 bridgehead atoms. The fourth-order valence-corrected chi connectivity index (χ4v) is 3.86. The van der Waals surface area contributed by atoms with Gasteiger partial charge < -0.3 is 15.3 Å². The maximum absolute atomic E-state index is 10.4. The molecule has 1 aliphatic rings. The zero-order valence-corrected chi connectivity index (χ0v) is 13.8. The molecule has 1 unspecified atom stereocenters. The van der Waals surface area contributed by atoms with E-state index in [1.54, 1.807) is 11.3 Å². The molecule has 2 N–H and O–H groups in total. The lowest BCUT2D eigenvalue weighted by atomic mass is 10.0. The van der Waals surface area contributed by atoms with E-state index in [0.717, 1.165) is 51.1 Å². The number of fused-ring (bicyclic) bond motifs is 1. The van der Waals surface area contributed by atoms with E-state index in [4.69, 9.17) is 0 Å². The van der Waals surface area contributed by atoms with Crippen molar-refractivity contribution in [3.8, 4) is 0 Å². The van der Waals surface area contributed by atoms with Gasteiger partial charge in [0.2, 0.25) is 0 Å². The lowest BCUT2D eigenvalue weighted by molar-refractivity contribution is 0.154. The molecule has 2 heterocycles. The molecule has 1 aromatic carbocycles. The Kier molecular flexibility index (Phi) is 6.45. The van der Waals surface area contributed by atoms with Crippen LogP contribution < -0.4 is 5.32 Å². The monoisotopic (exact) mass is 326 g/mol. The largest absolute Gasteiger partial charge is 0.388 e. The molecule has 5 heteroatoms. The Bertz CT molecular complexity index is 554. The number of aliphatic hydroxyl groups is 1. The van der Waals surface area contributed by atoms with Gasteiger partial charge >= 0.3 is 0 Å². The Morgan fingerprint density at radius 3 is 2.81 bits per heavy atom. The van der Waals surface area contributed by atoms with Crippen LogP contribution in [-0.4, -0.2) is 42.7 Å².